The van der Waals surface area contributed by atoms with E-state index in [2.05, 4.69) is 43.8 Å². The van der Waals surface area contributed by atoms with Crippen LogP contribution in [0.3, 0.4) is 0 Å². The highest BCUT2D eigenvalue weighted by atomic mass is 127. The Kier molecular flexibility index (Phi) is 10.6. The number of likely N-dealkylation sites (N-methyl/N-ethyl adjacent to an activating group) is 1. The zero-order valence-corrected chi connectivity index (χ0v) is 26.8. The number of carbonyl (C=O) groups is 2. The van der Waals surface area contributed by atoms with Gasteiger partial charge in [0.2, 0.25) is 11.8 Å². The van der Waals surface area contributed by atoms with E-state index in [9.17, 15) is 18.0 Å². The second-order valence-corrected chi connectivity index (χ2v) is 13.3. The van der Waals surface area contributed by atoms with E-state index in [0.717, 1.165) is 23.5 Å². The van der Waals surface area contributed by atoms with E-state index in [1.54, 1.807) is 42.5 Å². The van der Waals surface area contributed by atoms with Gasteiger partial charge in [-0.05, 0) is 82.2 Å². The molecule has 4 aromatic carbocycles. The second-order valence-electron chi connectivity index (χ2n) is 9.27. The van der Waals surface area contributed by atoms with Gasteiger partial charge in [-0.2, -0.15) is 0 Å². The van der Waals surface area contributed by atoms with Crippen molar-refractivity contribution in [2.24, 2.45) is 0 Å². The minimum absolute atomic E-state index is 0.0667. The van der Waals surface area contributed by atoms with Crippen molar-refractivity contribution in [2.45, 2.75) is 23.9 Å². The van der Waals surface area contributed by atoms with Crippen LogP contribution in [0.2, 0.25) is 0 Å². The van der Waals surface area contributed by atoms with E-state index in [0.29, 0.717) is 5.69 Å². The summed E-state index contributed by atoms with van der Waals surface area (Å²) in [5.41, 5.74) is 2.02. The number of benzene rings is 4. The van der Waals surface area contributed by atoms with Gasteiger partial charge in [-0.1, -0.05) is 76.6 Å². The summed E-state index contributed by atoms with van der Waals surface area (Å²) in [5, 5.41) is 2.69. The monoisotopic (exact) mass is 745 g/mol. The molecule has 0 saturated carbocycles. The number of hydrogen-bond donors (Lipinski definition) is 1. The van der Waals surface area contributed by atoms with Gasteiger partial charge in [0.25, 0.3) is 10.0 Å². The van der Waals surface area contributed by atoms with Crippen LogP contribution in [0.5, 0.6) is 0 Å². The highest BCUT2D eigenvalue weighted by Gasteiger charge is 2.34. The lowest BCUT2D eigenvalue weighted by atomic mass is 10.0. The van der Waals surface area contributed by atoms with Crippen molar-refractivity contribution in [3.05, 3.63) is 128 Å². The fourth-order valence-corrected chi connectivity index (χ4v) is 6.65. The number of amides is 2. The van der Waals surface area contributed by atoms with Crippen molar-refractivity contribution in [3.63, 3.8) is 0 Å². The van der Waals surface area contributed by atoms with Gasteiger partial charge in [-0.15, -0.1) is 0 Å². The lowest BCUT2D eigenvalue weighted by molar-refractivity contribution is -0.139. The maximum atomic E-state index is 14.2. The van der Waals surface area contributed by atoms with Crippen molar-refractivity contribution < 1.29 is 18.0 Å². The molecule has 0 aliphatic rings. The third kappa shape index (κ3) is 7.96. The molecule has 0 fully saturated rings. The van der Waals surface area contributed by atoms with Gasteiger partial charge in [0.15, 0.2) is 0 Å². The van der Waals surface area contributed by atoms with Crippen LogP contribution in [-0.4, -0.2) is 44.8 Å². The number of nitrogens with zero attached hydrogens (tertiary/aromatic N) is 2. The van der Waals surface area contributed by atoms with Crippen molar-refractivity contribution in [2.75, 3.05) is 17.9 Å². The van der Waals surface area contributed by atoms with Crippen molar-refractivity contribution >= 4 is 66.0 Å². The number of hydrogen-bond acceptors (Lipinski definition) is 4. The fourth-order valence-electron chi connectivity index (χ4n) is 4.41. The van der Waals surface area contributed by atoms with Crippen LogP contribution in [0.25, 0.3) is 0 Å². The molecule has 0 spiro atoms. The van der Waals surface area contributed by atoms with Crippen LogP contribution in [0, 0.1) is 3.57 Å². The number of rotatable bonds is 11. The van der Waals surface area contributed by atoms with Crippen LogP contribution < -0.4 is 9.62 Å². The Morgan fingerprint density at radius 3 is 2.07 bits per heavy atom. The number of nitrogens with one attached hydrogen (secondary N) is 1. The molecule has 0 aliphatic heterocycles. The Hall–Kier alpha value is -3.22. The van der Waals surface area contributed by atoms with Gasteiger partial charge in [0, 0.05) is 28.1 Å². The minimum Gasteiger partial charge on any atom is -0.357 e. The predicted octanol–water partition coefficient (Wildman–Crippen LogP) is 5.64. The van der Waals surface area contributed by atoms with Crippen LogP contribution in [0.15, 0.2) is 119 Å². The normalized spacial score (nSPS) is 11.9. The summed E-state index contributed by atoms with van der Waals surface area (Å²) in [6, 6.07) is 31.0. The Morgan fingerprint density at radius 1 is 0.854 bits per heavy atom. The Bertz CT molecular complexity index is 1590. The van der Waals surface area contributed by atoms with E-state index in [1.165, 1.54) is 24.1 Å². The quantitative estimate of drug-likeness (QED) is 0.202. The molecule has 1 N–H and O–H groups in total. The molecule has 10 heteroatoms. The van der Waals surface area contributed by atoms with Gasteiger partial charge in [-0.25, -0.2) is 8.42 Å². The molecular formula is C31H29BrIN3O4S. The van der Waals surface area contributed by atoms with Crippen molar-refractivity contribution in [1.82, 2.24) is 10.2 Å². The van der Waals surface area contributed by atoms with Gasteiger partial charge >= 0.3 is 0 Å². The minimum atomic E-state index is -4.11. The number of sulfonamides is 1. The first-order valence-corrected chi connectivity index (χ1v) is 16.1. The SMILES string of the molecule is CNC(=O)[C@@H](Cc1ccccc1)N(Cc1cccc(Br)c1)C(=O)CN(c1ccc(I)cc1)S(=O)(=O)c1ccccc1. The molecule has 0 aliphatic carbocycles. The third-order valence-corrected chi connectivity index (χ3v) is 9.48. The van der Waals surface area contributed by atoms with Crippen LogP contribution in [0.4, 0.5) is 5.69 Å². The molecular weight excluding hydrogens is 717 g/mol. The molecule has 0 radical (unpaired) electrons. The summed E-state index contributed by atoms with van der Waals surface area (Å²) in [7, 11) is -2.58. The molecule has 7 nitrogen and oxygen atoms in total. The number of carbonyl (C=O) groups excluding carboxylic acids is 2. The highest BCUT2D eigenvalue weighted by Crippen LogP contribution is 2.26. The lowest BCUT2D eigenvalue weighted by Crippen LogP contribution is -2.53. The third-order valence-electron chi connectivity index (χ3n) is 6.48. The Morgan fingerprint density at radius 2 is 1.46 bits per heavy atom. The Labute approximate surface area is 262 Å². The molecule has 0 aromatic heterocycles. The summed E-state index contributed by atoms with van der Waals surface area (Å²) in [6.07, 6.45) is 0.259. The van der Waals surface area contributed by atoms with E-state index in [-0.39, 0.29) is 23.8 Å². The maximum Gasteiger partial charge on any atom is 0.264 e. The standard InChI is InChI=1S/C31H29BrIN3O4S/c1-34-31(38)29(20-23-9-4-2-5-10-23)35(21-24-11-8-12-25(32)19-24)30(37)22-36(27-17-15-26(33)16-18-27)41(39,40)28-13-6-3-7-14-28/h2-19,29H,20-22H2,1H3,(H,34,38)/t29-/m1/s1. The van der Waals surface area contributed by atoms with E-state index < -0.39 is 28.5 Å². The van der Waals surface area contributed by atoms with E-state index >= 15 is 0 Å². The molecule has 0 unspecified atom stereocenters. The molecule has 4 aromatic rings. The molecule has 1 atom stereocenters. The van der Waals surface area contributed by atoms with Crippen LogP contribution >= 0.6 is 38.5 Å². The largest absolute Gasteiger partial charge is 0.357 e. The summed E-state index contributed by atoms with van der Waals surface area (Å²) >= 11 is 5.62. The molecule has 212 valence electrons. The zero-order chi connectivity index (χ0) is 29.4. The molecule has 0 saturated heterocycles. The van der Waals surface area contributed by atoms with Crippen molar-refractivity contribution in [3.8, 4) is 0 Å². The zero-order valence-electron chi connectivity index (χ0n) is 22.3. The summed E-state index contributed by atoms with van der Waals surface area (Å²) in [4.78, 5) is 29.1. The van der Waals surface area contributed by atoms with Gasteiger partial charge in [0.05, 0.1) is 10.6 Å². The first-order chi connectivity index (χ1) is 19.7. The van der Waals surface area contributed by atoms with Gasteiger partial charge in [-0.3, -0.25) is 13.9 Å². The molecule has 0 bridgehead atoms. The molecule has 2 amide bonds. The number of anilines is 1. The lowest BCUT2D eigenvalue weighted by Gasteiger charge is -2.33. The van der Waals surface area contributed by atoms with E-state index in [1.807, 2.05) is 54.6 Å². The molecule has 0 heterocycles. The summed E-state index contributed by atoms with van der Waals surface area (Å²) < 4.78 is 30.7. The maximum absolute atomic E-state index is 14.2. The predicted molar refractivity (Wildman–Crippen MR) is 173 cm³/mol. The van der Waals surface area contributed by atoms with Crippen LogP contribution in [0.1, 0.15) is 11.1 Å². The van der Waals surface area contributed by atoms with Gasteiger partial charge < -0.3 is 10.2 Å². The number of halogens is 2. The smallest absolute Gasteiger partial charge is 0.264 e. The Balaban J connectivity index is 1.78. The molecule has 41 heavy (non-hydrogen) atoms. The van der Waals surface area contributed by atoms with E-state index in [4.69, 9.17) is 0 Å². The van der Waals surface area contributed by atoms with Crippen LogP contribution in [-0.2, 0) is 32.6 Å². The second kappa shape index (κ2) is 14.1. The summed E-state index contributed by atoms with van der Waals surface area (Å²) in [5.74, 6) is -0.850. The average Bonchev–Trinajstić information content (AvgIpc) is 2.98. The van der Waals surface area contributed by atoms with Crippen molar-refractivity contribution in [1.29, 1.82) is 0 Å². The molecule has 4 rings (SSSR count). The average molecular weight is 746 g/mol. The van der Waals surface area contributed by atoms with Gasteiger partial charge in [0.1, 0.15) is 12.6 Å². The topological polar surface area (TPSA) is 86.8 Å². The fraction of sp³-hybridized carbons (Fsp3) is 0.161. The summed E-state index contributed by atoms with van der Waals surface area (Å²) in [6.45, 7) is -0.386. The highest BCUT2D eigenvalue weighted by molar-refractivity contribution is 14.1. The first-order valence-electron chi connectivity index (χ1n) is 12.8. The first kappa shape index (κ1) is 30.7.